The fourth-order valence-corrected chi connectivity index (χ4v) is 1.06. The predicted octanol–water partition coefficient (Wildman–Crippen LogP) is 2.57. The van der Waals surface area contributed by atoms with Crippen LogP contribution in [0, 0.1) is 25.1 Å². The standard InChI is InChI=1S/C11H12FN/c1-4-9(3)13-11-6-5-10(12)7-8(11)2/h1,5-7,9,13H,2-3H3. The number of aryl methyl sites for hydroxylation is 1. The van der Waals surface area contributed by atoms with Crippen LogP contribution in [0.5, 0.6) is 0 Å². The summed E-state index contributed by atoms with van der Waals surface area (Å²) >= 11 is 0. The molecule has 0 aliphatic carbocycles. The van der Waals surface area contributed by atoms with Gasteiger partial charge in [-0.2, -0.15) is 0 Å². The fourth-order valence-electron chi connectivity index (χ4n) is 1.06. The number of benzene rings is 1. The monoisotopic (exact) mass is 177 g/mol. The van der Waals surface area contributed by atoms with E-state index in [1.54, 1.807) is 6.07 Å². The molecule has 1 rings (SSSR count). The Bertz CT molecular complexity index is 338. The second-order valence-electron chi connectivity index (χ2n) is 2.99. The highest BCUT2D eigenvalue weighted by Gasteiger charge is 2.01. The van der Waals surface area contributed by atoms with Gasteiger partial charge in [0.15, 0.2) is 0 Å². The van der Waals surface area contributed by atoms with Gasteiger partial charge >= 0.3 is 0 Å². The zero-order valence-corrected chi connectivity index (χ0v) is 7.76. The van der Waals surface area contributed by atoms with Gasteiger partial charge in [-0.1, -0.05) is 5.92 Å². The van der Waals surface area contributed by atoms with Gasteiger partial charge in [-0.3, -0.25) is 0 Å². The minimum Gasteiger partial charge on any atom is -0.372 e. The van der Waals surface area contributed by atoms with Gasteiger partial charge < -0.3 is 5.32 Å². The molecule has 0 aromatic heterocycles. The summed E-state index contributed by atoms with van der Waals surface area (Å²) in [4.78, 5) is 0. The van der Waals surface area contributed by atoms with Crippen molar-refractivity contribution in [3.05, 3.63) is 29.6 Å². The van der Waals surface area contributed by atoms with E-state index in [1.807, 2.05) is 13.8 Å². The van der Waals surface area contributed by atoms with Crippen LogP contribution in [0.3, 0.4) is 0 Å². The number of anilines is 1. The van der Waals surface area contributed by atoms with Crippen LogP contribution in [0.2, 0.25) is 0 Å². The third kappa shape index (κ3) is 2.48. The van der Waals surface area contributed by atoms with Gasteiger partial charge in [0.2, 0.25) is 0 Å². The quantitative estimate of drug-likeness (QED) is 0.684. The van der Waals surface area contributed by atoms with Crippen molar-refractivity contribution in [1.29, 1.82) is 0 Å². The number of nitrogens with one attached hydrogen (secondary N) is 1. The molecule has 68 valence electrons. The van der Waals surface area contributed by atoms with Crippen molar-refractivity contribution in [2.45, 2.75) is 19.9 Å². The van der Waals surface area contributed by atoms with Crippen LogP contribution >= 0.6 is 0 Å². The van der Waals surface area contributed by atoms with E-state index in [2.05, 4.69) is 11.2 Å². The van der Waals surface area contributed by atoms with Crippen LogP contribution in [-0.2, 0) is 0 Å². The summed E-state index contributed by atoms with van der Waals surface area (Å²) in [5.41, 5.74) is 1.74. The summed E-state index contributed by atoms with van der Waals surface area (Å²) in [6, 6.07) is 4.55. The van der Waals surface area contributed by atoms with Crippen molar-refractivity contribution in [3.8, 4) is 12.3 Å². The molecule has 0 saturated heterocycles. The van der Waals surface area contributed by atoms with E-state index in [1.165, 1.54) is 12.1 Å². The zero-order chi connectivity index (χ0) is 9.84. The SMILES string of the molecule is C#CC(C)Nc1ccc(F)cc1C. The molecule has 1 aromatic rings. The second-order valence-corrected chi connectivity index (χ2v) is 2.99. The van der Waals surface area contributed by atoms with E-state index >= 15 is 0 Å². The molecule has 0 heterocycles. The van der Waals surface area contributed by atoms with E-state index in [0.717, 1.165) is 11.3 Å². The van der Waals surface area contributed by atoms with Crippen LogP contribution in [0.15, 0.2) is 18.2 Å². The molecular formula is C11H12FN. The first kappa shape index (κ1) is 9.60. The molecule has 0 spiro atoms. The van der Waals surface area contributed by atoms with Crippen LogP contribution in [0.25, 0.3) is 0 Å². The van der Waals surface area contributed by atoms with Gasteiger partial charge in [0.05, 0.1) is 6.04 Å². The lowest BCUT2D eigenvalue weighted by Crippen LogP contribution is -2.12. The van der Waals surface area contributed by atoms with Gasteiger partial charge in [0.1, 0.15) is 5.82 Å². The average Bonchev–Trinajstić information content (AvgIpc) is 2.09. The van der Waals surface area contributed by atoms with Gasteiger partial charge in [-0.15, -0.1) is 6.42 Å². The van der Waals surface area contributed by atoms with Crippen molar-refractivity contribution in [2.24, 2.45) is 0 Å². The van der Waals surface area contributed by atoms with Crippen LogP contribution in [0.4, 0.5) is 10.1 Å². The lowest BCUT2D eigenvalue weighted by molar-refractivity contribution is 0.627. The van der Waals surface area contributed by atoms with E-state index in [0.29, 0.717) is 0 Å². The summed E-state index contributed by atoms with van der Waals surface area (Å²) in [5.74, 6) is 2.32. The Morgan fingerprint density at radius 3 is 2.77 bits per heavy atom. The summed E-state index contributed by atoms with van der Waals surface area (Å²) in [7, 11) is 0. The normalized spacial score (nSPS) is 11.8. The summed E-state index contributed by atoms with van der Waals surface area (Å²) < 4.78 is 12.7. The first-order chi connectivity index (χ1) is 6.13. The summed E-state index contributed by atoms with van der Waals surface area (Å²) in [6.07, 6.45) is 5.21. The predicted molar refractivity (Wildman–Crippen MR) is 53.1 cm³/mol. The molecule has 0 radical (unpaired) electrons. The number of hydrogen-bond donors (Lipinski definition) is 1. The van der Waals surface area contributed by atoms with Crippen molar-refractivity contribution in [2.75, 3.05) is 5.32 Å². The maximum atomic E-state index is 12.7. The van der Waals surface area contributed by atoms with Gasteiger partial charge in [0, 0.05) is 5.69 Å². The molecule has 1 unspecified atom stereocenters. The van der Waals surface area contributed by atoms with E-state index < -0.39 is 0 Å². The average molecular weight is 177 g/mol. The fraction of sp³-hybridized carbons (Fsp3) is 0.273. The minimum absolute atomic E-state index is 0.0378. The zero-order valence-electron chi connectivity index (χ0n) is 7.76. The highest BCUT2D eigenvalue weighted by Crippen LogP contribution is 2.16. The van der Waals surface area contributed by atoms with Gasteiger partial charge in [-0.05, 0) is 37.6 Å². The second kappa shape index (κ2) is 3.95. The summed E-state index contributed by atoms with van der Waals surface area (Å²) in [6.45, 7) is 3.72. The Kier molecular flexibility index (Phi) is 2.92. The molecule has 0 amide bonds. The number of halogens is 1. The summed E-state index contributed by atoms with van der Waals surface area (Å²) in [5, 5.41) is 3.08. The molecule has 0 aliphatic rings. The smallest absolute Gasteiger partial charge is 0.123 e. The Morgan fingerprint density at radius 2 is 2.23 bits per heavy atom. The Hall–Kier alpha value is -1.49. The highest BCUT2D eigenvalue weighted by molar-refractivity contribution is 5.52. The molecule has 1 aromatic carbocycles. The molecule has 13 heavy (non-hydrogen) atoms. The topological polar surface area (TPSA) is 12.0 Å². The van der Waals surface area contributed by atoms with Crippen LogP contribution in [-0.4, -0.2) is 6.04 Å². The molecule has 1 atom stereocenters. The Morgan fingerprint density at radius 1 is 1.54 bits per heavy atom. The van der Waals surface area contributed by atoms with Crippen LogP contribution in [0.1, 0.15) is 12.5 Å². The minimum atomic E-state index is -0.226. The number of hydrogen-bond acceptors (Lipinski definition) is 1. The molecule has 0 bridgehead atoms. The van der Waals surface area contributed by atoms with E-state index in [4.69, 9.17) is 6.42 Å². The first-order valence-corrected chi connectivity index (χ1v) is 4.12. The third-order valence-electron chi connectivity index (χ3n) is 1.81. The molecule has 2 heteroatoms. The number of terminal acetylenes is 1. The largest absolute Gasteiger partial charge is 0.372 e. The molecule has 0 saturated carbocycles. The van der Waals surface area contributed by atoms with Gasteiger partial charge in [0.25, 0.3) is 0 Å². The molecule has 0 aliphatic heterocycles. The Balaban J connectivity index is 2.85. The van der Waals surface area contributed by atoms with E-state index in [9.17, 15) is 4.39 Å². The lowest BCUT2D eigenvalue weighted by Gasteiger charge is -2.11. The molecule has 0 fully saturated rings. The van der Waals surface area contributed by atoms with Crippen molar-refractivity contribution in [3.63, 3.8) is 0 Å². The molecule has 1 nitrogen and oxygen atoms in total. The lowest BCUT2D eigenvalue weighted by atomic mass is 10.2. The molecule has 1 N–H and O–H groups in total. The Labute approximate surface area is 78.0 Å². The number of rotatable bonds is 2. The van der Waals surface area contributed by atoms with Crippen molar-refractivity contribution >= 4 is 5.69 Å². The van der Waals surface area contributed by atoms with Crippen molar-refractivity contribution in [1.82, 2.24) is 0 Å². The molecular weight excluding hydrogens is 165 g/mol. The van der Waals surface area contributed by atoms with Gasteiger partial charge in [-0.25, -0.2) is 4.39 Å². The third-order valence-corrected chi connectivity index (χ3v) is 1.81. The maximum absolute atomic E-state index is 12.7. The van der Waals surface area contributed by atoms with E-state index in [-0.39, 0.29) is 11.9 Å². The van der Waals surface area contributed by atoms with Crippen LogP contribution < -0.4 is 5.32 Å². The highest BCUT2D eigenvalue weighted by atomic mass is 19.1. The maximum Gasteiger partial charge on any atom is 0.123 e. The first-order valence-electron chi connectivity index (χ1n) is 4.12. The van der Waals surface area contributed by atoms with Crippen molar-refractivity contribution < 1.29 is 4.39 Å².